The monoisotopic (exact) mass is 336 g/mol. The van der Waals surface area contributed by atoms with Gasteiger partial charge in [0.2, 0.25) is 0 Å². The van der Waals surface area contributed by atoms with E-state index in [0.29, 0.717) is 21.5 Å². The Labute approximate surface area is 121 Å². The molecule has 1 N–H and O–H groups in total. The van der Waals surface area contributed by atoms with Gasteiger partial charge in [0.05, 0.1) is 5.52 Å². The molecule has 0 spiro atoms. The maximum absolute atomic E-state index is 11.9. The molecule has 2 aromatic heterocycles. The van der Waals surface area contributed by atoms with Crippen molar-refractivity contribution in [3.63, 3.8) is 0 Å². The number of fused-ring (bicyclic) bond motifs is 1. The highest BCUT2D eigenvalue weighted by Gasteiger charge is 2.12. The molecular formula is C13H9BrN2O4. The van der Waals surface area contributed by atoms with Gasteiger partial charge < -0.3 is 14.2 Å². The number of carbonyl (C=O) groups is 1. The van der Waals surface area contributed by atoms with E-state index in [0.717, 1.165) is 0 Å². The summed E-state index contributed by atoms with van der Waals surface area (Å²) < 4.78 is 12.0. The van der Waals surface area contributed by atoms with E-state index in [2.05, 4.69) is 21.2 Å². The molecule has 0 bridgehead atoms. The van der Waals surface area contributed by atoms with Crippen LogP contribution in [0.4, 0.5) is 5.69 Å². The van der Waals surface area contributed by atoms with Crippen molar-refractivity contribution in [2.24, 2.45) is 7.05 Å². The van der Waals surface area contributed by atoms with Crippen molar-refractivity contribution in [3.05, 3.63) is 51.3 Å². The summed E-state index contributed by atoms with van der Waals surface area (Å²) in [6.45, 7) is 0. The van der Waals surface area contributed by atoms with Crippen LogP contribution >= 0.6 is 15.9 Å². The highest BCUT2D eigenvalue weighted by atomic mass is 79.9. The Bertz CT molecular complexity index is 859. The van der Waals surface area contributed by atoms with E-state index in [1.54, 1.807) is 37.4 Å². The lowest BCUT2D eigenvalue weighted by molar-refractivity contribution is 0.0995. The van der Waals surface area contributed by atoms with Gasteiger partial charge in [-0.25, -0.2) is 4.79 Å². The standard InChI is InChI=1S/C13H9BrN2O4/c1-16-8-6-7(2-3-9(8)20-13(16)18)15-12(17)10-4-5-11(14)19-10/h2-6H,1H3,(H,15,17). The summed E-state index contributed by atoms with van der Waals surface area (Å²) in [5, 5.41) is 2.69. The number of aromatic nitrogens is 1. The Balaban J connectivity index is 1.93. The Morgan fingerprint density at radius 1 is 1.25 bits per heavy atom. The van der Waals surface area contributed by atoms with Crippen molar-refractivity contribution in [3.8, 4) is 0 Å². The highest BCUT2D eigenvalue weighted by molar-refractivity contribution is 9.10. The van der Waals surface area contributed by atoms with Gasteiger partial charge in [0, 0.05) is 12.7 Å². The van der Waals surface area contributed by atoms with Crippen LogP contribution in [0.25, 0.3) is 11.1 Å². The molecule has 0 aliphatic heterocycles. The Hall–Kier alpha value is -2.28. The largest absolute Gasteiger partial charge is 0.444 e. The maximum Gasteiger partial charge on any atom is 0.419 e. The second-order valence-electron chi connectivity index (χ2n) is 4.17. The third-order valence-corrected chi connectivity index (χ3v) is 3.27. The molecule has 3 aromatic rings. The van der Waals surface area contributed by atoms with E-state index in [1.807, 2.05) is 0 Å². The number of aryl methyl sites for hydroxylation is 1. The van der Waals surface area contributed by atoms with Crippen LogP contribution in [0.5, 0.6) is 0 Å². The van der Waals surface area contributed by atoms with Crippen LogP contribution in [0.1, 0.15) is 10.6 Å². The molecular weight excluding hydrogens is 328 g/mol. The van der Waals surface area contributed by atoms with Gasteiger partial charge in [0.25, 0.3) is 5.91 Å². The SMILES string of the molecule is Cn1c(=O)oc2ccc(NC(=O)c3ccc(Br)o3)cc21. The number of carbonyl (C=O) groups excluding carboxylic acids is 1. The van der Waals surface area contributed by atoms with Crippen LogP contribution in [-0.4, -0.2) is 10.5 Å². The van der Waals surface area contributed by atoms with Crippen LogP contribution in [-0.2, 0) is 7.05 Å². The van der Waals surface area contributed by atoms with Gasteiger partial charge >= 0.3 is 5.76 Å². The molecule has 0 saturated heterocycles. The van der Waals surface area contributed by atoms with Gasteiger partial charge in [-0.1, -0.05) is 0 Å². The quantitative estimate of drug-likeness (QED) is 0.780. The summed E-state index contributed by atoms with van der Waals surface area (Å²) in [5.74, 6) is -0.625. The maximum atomic E-state index is 11.9. The second-order valence-corrected chi connectivity index (χ2v) is 4.95. The fourth-order valence-electron chi connectivity index (χ4n) is 1.83. The van der Waals surface area contributed by atoms with E-state index in [9.17, 15) is 9.59 Å². The molecule has 0 aliphatic rings. The lowest BCUT2D eigenvalue weighted by Gasteiger charge is -2.03. The summed E-state index contributed by atoms with van der Waals surface area (Å²) in [7, 11) is 1.60. The van der Waals surface area contributed by atoms with Crippen molar-refractivity contribution in [2.45, 2.75) is 0 Å². The normalized spacial score (nSPS) is 10.9. The minimum Gasteiger partial charge on any atom is -0.444 e. The van der Waals surface area contributed by atoms with Gasteiger partial charge in [-0.15, -0.1) is 0 Å². The Kier molecular flexibility index (Phi) is 2.98. The van der Waals surface area contributed by atoms with Crippen LogP contribution in [0.3, 0.4) is 0 Å². The number of halogens is 1. The number of furan rings is 1. The first-order valence-electron chi connectivity index (χ1n) is 5.71. The summed E-state index contributed by atoms with van der Waals surface area (Å²) in [6.07, 6.45) is 0. The first kappa shape index (κ1) is 12.7. The van der Waals surface area contributed by atoms with E-state index in [4.69, 9.17) is 8.83 Å². The molecule has 2 heterocycles. The number of nitrogens with one attached hydrogen (secondary N) is 1. The van der Waals surface area contributed by atoms with Gasteiger partial charge in [0.15, 0.2) is 16.0 Å². The van der Waals surface area contributed by atoms with Crippen molar-refractivity contribution >= 4 is 38.6 Å². The fraction of sp³-hybridized carbons (Fsp3) is 0.0769. The molecule has 0 radical (unpaired) electrons. The first-order valence-corrected chi connectivity index (χ1v) is 6.50. The Morgan fingerprint density at radius 3 is 2.75 bits per heavy atom. The fourth-order valence-corrected chi connectivity index (χ4v) is 2.14. The van der Waals surface area contributed by atoms with Crippen LogP contribution in [0.2, 0.25) is 0 Å². The minimum absolute atomic E-state index is 0.193. The molecule has 20 heavy (non-hydrogen) atoms. The number of rotatable bonds is 2. The lowest BCUT2D eigenvalue weighted by atomic mass is 10.2. The predicted octanol–water partition coefficient (Wildman–Crippen LogP) is 2.74. The molecule has 0 atom stereocenters. The summed E-state index contributed by atoms with van der Waals surface area (Å²) >= 11 is 3.13. The van der Waals surface area contributed by atoms with Gasteiger partial charge in [-0.2, -0.15) is 0 Å². The molecule has 1 aromatic carbocycles. The van der Waals surface area contributed by atoms with Crippen LogP contribution in [0, 0.1) is 0 Å². The van der Waals surface area contributed by atoms with Crippen LogP contribution < -0.4 is 11.1 Å². The third-order valence-electron chi connectivity index (χ3n) is 2.85. The molecule has 0 fully saturated rings. The van der Waals surface area contributed by atoms with E-state index in [1.165, 1.54) is 4.57 Å². The molecule has 0 aliphatic carbocycles. The number of hydrogen-bond donors (Lipinski definition) is 1. The number of oxazole rings is 1. The average Bonchev–Trinajstić information content (AvgIpc) is 2.96. The third kappa shape index (κ3) is 2.16. The number of anilines is 1. The average molecular weight is 337 g/mol. The molecule has 3 rings (SSSR count). The lowest BCUT2D eigenvalue weighted by Crippen LogP contribution is -2.11. The van der Waals surface area contributed by atoms with Gasteiger partial charge in [0.1, 0.15) is 0 Å². The van der Waals surface area contributed by atoms with Crippen molar-refractivity contribution in [1.29, 1.82) is 0 Å². The number of benzene rings is 1. The first-order chi connectivity index (χ1) is 9.54. The summed E-state index contributed by atoms with van der Waals surface area (Å²) in [4.78, 5) is 23.3. The van der Waals surface area contributed by atoms with Gasteiger partial charge in [-0.3, -0.25) is 9.36 Å². The number of amides is 1. The topological polar surface area (TPSA) is 77.4 Å². The van der Waals surface area contributed by atoms with E-state index in [-0.39, 0.29) is 11.7 Å². The minimum atomic E-state index is -0.446. The summed E-state index contributed by atoms with van der Waals surface area (Å²) in [6, 6.07) is 8.14. The molecule has 6 nitrogen and oxygen atoms in total. The smallest absolute Gasteiger partial charge is 0.419 e. The highest BCUT2D eigenvalue weighted by Crippen LogP contribution is 2.19. The zero-order chi connectivity index (χ0) is 14.3. The number of nitrogens with zero attached hydrogens (tertiary/aromatic N) is 1. The molecule has 0 unspecified atom stereocenters. The molecule has 0 saturated carbocycles. The van der Waals surface area contributed by atoms with Crippen molar-refractivity contribution < 1.29 is 13.6 Å². The number of hydrogen-bond acceptors (Lipinski definition) is 4. The molecule has 1 amide bonds. The second kappa shape index (κ2) is 4.68. The predicted molar refractivity (Wildman–Crippen MR) is 75.8 cm³/mol. The van der Waals surface area contributed by atoms with E-state index >= 15 is 0 Å². The summed E-state index contributed by atoms with van der Waals surface area (Å²) in [5.41, 5.74) is 1.62. The molecule has 102 valence electrons. The van der Waals surface area contributed by atoms with Crippen molar-refractivity contribution in [1.82, 2.24) is 4.57 Å². The zero-order valence-corrected chi connectivity index (χ0v) is 11.9. The van der Waals surface area contributed by atoms with Crippen LogP contribution in [0.15, 0.2) is 48.6 Å². The Morgan fingerprint density at radius 2 is 2.05 bits per heavy atom. The molecule has 7 heteroatoms. The zero-order valence-electron chi connectivity index (χ0n) is 10.3. The van der Waals surface area contributed by atoms with E-state index < -0.39 is 5.76 Å². The van der Waals surface area contributed by atoms with Crippen molar-refractivity contribution in [2.75, 3.05) is 5.32 Å². The van der Waals surface area contributed by atoms with Gasteiger partial charge in [-0.05, 0) is 46.3 Å².